The van der Waals surface area contributed by atoms with Gasteiger partial charge in [-0.05, 0) is 30.5 Å². The van der Waals surface area contributed by atoms with Crippen molar-refractivity contribution < 1.29 is 9.13 Å². The lowest BCUT2D eigenvalue weighted by atomic mass is 10.1. The fraction of sp³-hybridized carbons (Fsp3) is 0.565. The lowest BCUT2D eigenvalue weighted by Crippen LogP contribution is -1.99. The van der Waals surface area contributed by atoms with E-state index in [1.54, 1.807) is 18.5 Å². The molecule has 4 heteroatoms. The molecular weight excluding hydrogens is 339 g/mol. The third-order valence-corrected chi connectivity index (χ3v) is 4.73. The number of nitrogens with zero attached hydrogens (tertiary/aromatic N) is 2. The molecule has 2 rings (SSSR count). The highest BCUT2D eigenvalue weighted by molar-refractivity contribution is 5.62. The van der Waals surface area contributed by atoms with Gasteiger partial charge in [-0.3, -0.25) is 0 Å². The highest BCUT2D eigenvalue weighted by atomic mass is 19.1. The molecule has 1 heterocycles. The molecule has 0 atom stereocenters. The molecular formula is C23H33FN2O. The summed E-state index contributed by atoms with van der Waals surface area (Å²) >= 11 is 0. The second-order valence-corrected chi connectivity index (χ2v) is 7.11. The summed E-state index contributed by atoms with van der Waals surface area (Å²) in [6.07, 6.45) is 15.1. The molecule has 1 aromatic heterocycles. The second kappa shape index (κ2) is 12.4. The first-order valence-electron chi connectivity index (χ1n) is 10.5. The summed E-state index contributed by atoms with van der Waals surface area (Å²) in [4.78, 5) is 8.88. The van der Waals surface area contributed by atoms with E-state index in [0.29, 0.717) is 12.4 Å². The maximum Gasteiger partial charge on any atom is 0.165 e. The molecule has 0 saturated carbocycles. The van der Waals surface area contributed by atoms with Gasteiger partial charge in [-0.2, -0.15) is 0 Å². The zero-order valence-corrected chi connectivity index (χ0v) is 16.8. The quantitative estimate of drug-likeness (QED) is 0.365. The van der Waals surface area contributed by atoms with Crippen LogP contribution in [0.2, 0.25) is 0 Å². The van der Waals surface area contributed by atoms with Gasteiger partial charge >= 0.3 is 0 Å². The van der Waals surface area contributed by atoms with E-state index < -0.39 is 0 Å². The van der Waals surface area contributed by atoms with E-state index in [1.165, 1.54) is 44.6 Å². The van der Waals surface area contributed by atoms with E-state index in [4.69, 9.17) is 4.74 Å². The number of rotatable bonds is 13. The van der Waals surface area contributed by atoms with Gasteiger partial charge in [0.15, 0.2) is 11.6 Å². The van der Waals surface area contributed by atoms with E-state index in [9.17, 15) is 4.39 Å². The Hall–Kier alpha value is -1.97. The lowest BCUT2D eigenvalue weighted by Gasteiger charge is -2.09. The minimum Gasteiger partial charge on any atom is -0.491 e. The van der Waals surface area contributed by atoms with Gasteiger partial charge in [0.2, 0.25) is 0 Å². The van der Waals surface area contributed by atoms with Gasteiger partial charge in [-0.1, -0.05) is 64.9 Å². The van der Waals surface area contributed by atoms with Gasteiger partial charge in [0.1, 0.15) is 5.82 Å². The third kappa shape index (κ3) is 7.66. The van der Waals surface area contributed by atoms with Crippen LogP contribution in [0, 0.1) is 5.82 Å². The normalized spacial score (nSPS) is 10.9. The van der Waals surface area contributed by atoms with Crippen LogP contribution < -0.4 is 4.74 Å². The molecule has 0 fully saturated rings. The van der Waals surface area contributed by atoms with Crippen molar-refractivity contribution in [1.82, 2.24) is 9.97 Å². The molecule has 148 valence electrons. The first-order chi connectivity index (χ1) is 13.2. The van der Waals surface area contributed by atoms with Crippen LogP contribution in [0.1, 0.15) is 77.5 Å². The summed E-state index contributed by atoms with van der Waals surface area (Å²) in [6.45, 7) is 4.95. The average Bonchev–Trinajstić information content (AvgIpc) is 2.69. The van der Waals surface area contributed by atoms with Crippen molar-refractivity contribution in [2.75, 3.05) is 6.61 Å². The van der Waals surface area contributed by atoms with Crippen molar-refractivity contribution in [2.24, 2.45) is 0 Å². The van der Waals surface area contributed by atoms with Crippen LogP contribution in [0.15, 0.2) is 30.6 Å². The molecule has 0 unspecified atom stereocenters. The Bertz CT molecular complexity index is 658. The van der Waals surface area contributed by atoms with E-state index in [1.807, 2.05) is 6.07 Å². The smallest absolute Gasteiger partial charge is 0.165 e. The number of ether oxygens (including phenoxy) is 1. The van der Waals surface area contributed by atoms with E-state index >= 15 is 0 Å². The number of aryl methyl sites for hydroxylation is 1. The Morgan fingerprint density at radius 3 is 2.15 bits per heavy atom. The summed E-state index contributed by atoms with van der Waals surface area (Å²) < 4.78 is 19.9. The molecule has 0 bridgehead atoms. The van der Waals surface area contributed by atoms with Gasteiger partial charge < -0.3 is 4.74 Å². The monoisotopic (exact) mass is 372 g/mol. The highest BCUT2D eigenvalue weighted by Crippen LogP contribution is 2.25. The third-order valence-electron chi connectivity index (χ3n) is 4.73. The predicted molar refractivity (Wildman–Crippen MR) is 110 cm³/mol. The Morgan fingerprint density at radius 1 is 0.815 bits per heavy atom. The molecule has 0 N–H and O–H groups in total. The fourth-order valence-electron chi connectivity index (χ4n) is 3.03. The first kappa shape index (κ1) is 21.3. The molecule has 2 aromatic rings. The second-order valence-electron chi connectivity index (χ2n) is 7.11. The molecule has 0 aliphatic carbocycles. The molecule has 0 saturated heterocycles. The number of hydrogen-bond acceptors (Lipinski definition) is 3. The van der Waals surface area contributed by atoms with Crippen molar-refractivity contribution in [2.45, 2.75) is 78.1 Å². The van der Waals surface area contributed by atoms with Crippen LogP contribution in [-0.2, 0) is 6.42 Å². The summed E-state index contributed by atoms with van der Waals surface area (Å²) in [5.41, 5.74) is 1.61. The van der Waals surface area contributed by atoms with Crippen LogP contribution in [0.5, 0.6) is 5.75 Å². The fourth-order valence-corrected chi connectivity index (χ4v) is 3.03. The standard InChI is InChI=1S/C23H33FN2O/c1-3-5-7-9-10-12-23-25-17-20(18-26-23)19-13-14-22(21(24)16-19)27-15-11-8-6-4-2/h13-14,16-18H,3-12,15H2,1-2H3. The Balaban J connectivity index is 1.85. The Kier molecular flexibility index (Phi) is 9.81. The number of hydrogen-bond donors (Lipinski definition) is 0. The van der Waals surface area contributed by atoms with Crippen molar-refractivity contribution in [3.05, 3.63) is 42.2 Å². The molecule has 0 radical (unpaired) electrons. The van der Waals surface area contributed by atoms with Crippen molar-refractivity contribution in [3.8, 4) is 16.9 Å². The molecule has 0 amide bonds. The molecule has 3 nitrogen and oxygen atoms in total. The largest absolute Gasteiger partial charge is 0.491 e. The maximum atomic E-state index is 14.3. The van der Waals surface area contributed by atoms with Crippen LogP contribution in [0.4, 0.5) is 4.39 Å². The van der Waals surface area contributed by atoms with Gasteiger partial charge in [0.05, 0.1) is 6.61 Å². The summed E-state index contributed by atoms with van der Waals surface area (Å²) in [5.74, 6) is 0.852. The molecule has 0 spiro atoms. The number of aromatic nitrogens is 2. The zero-order chi connectivity index (χ0) is 19.3. The molecule has 1 aromatic carbocycles. The molecule has 0 aliphatic rings. The van der Waals surface area contributed by atoms with Crippen molar-refractivity contribution >= 4 is 0 Å². The SMILES string of the molecule is CCCCCCCc1ncc(-c2ccc(OCCCCCC)c(F)c2)cn1. The topological polar surface area (TPSA) is 35.0 Å². The average molecular weight is 373 g/mol. The Labute approximate surface area is 163 Å². The molecule has 27 heavy (non-hydrogen) atoms. The van der Waals surface area contributed by atoms with E-state index in [2.05, 4.69) is 23.8 Å². The maximum absolute atomic E-state index is 14.3. The van der Waals surface area contributed by atoms with Crippen LogP contribution >= 0.6 is 0 Å². The predicted octanol–water partition coefficient (Wildman–Crippen LogP) is 6.75. The number of halogens is 1. The van der Waals surface area contributed by atoms with Gasteiger partial charge in [0.25, 0.3) is 0 Å². The molecule has 0 aliphatic heterocycles. The van der Waals surface area contributed by atoms with Crippen LogP contribution in [0.25, 0.3) is 11.1 Å². The van der Waals surface area contributed by atoms with Crippen LogP contribution in [0.3, 0.4) is 0 Å². The first-order valence-corrected chi connectivity index (χ1v) is 10.5. The highest BCUT2D eigenvalue weighted by Gasteiger charge is 2.07. The van der Waals surface area contributed by atoms with Gasteiger partial charge in [-0.15, -0.1) is 0 Å². The lowest BCUT2D eigenvalue weighted by molar-refractivity contribution is 0.290. The van der Waals surface area contributed by atoms with Gasteiger partial charge in [0, 0.05) is 24.4 Å². The number of benzene rings is 1. The zero-order valence-electron chi connectivity index (χ0n) is 16.8. The van der Waals surface area contributed by atoms with E-state index in [0.717, 1.165) is 42.6 Å². The Morgan fingerprint density at radius 2 is 1.48 bits per heavy atom. The van der Waals surface area contributed by atoms with Crippen LogP contribution in [-0.4, -0.2) is 16.6 Å². The van der Waals surface area contributed by atoms with Crippen molar-refractivity contribution in [1.29, 1.82) is 0 Å². The minimum absolute atomic E-state index is 0.319. The van der Waals surface area contributed by atoms with Crippen molar-refractivity contribution in [3.63, 3.8) is 0 Å². The minimum atomic E-state index is -0.331. The van der Waals surface area contributed by atoms with E-state index in [-0.39, 0.29) is 5.82 Å². The summed E-state index contributed by atoms with van der Waals surface area (Å²) in [5, 5.41) is 0. The van der Waals surface area contributed by atoms with Gasteiger partial charge in [-0.25, -0.2) is 14.4 Å². The number of unbranched alkanes of at least 4 members (excludes halogenated alkanes) is 7. The summed E-state index contributed by atoms with van der Waals surface area (Å²) in [6, 6.07) is 5.07. The summed E-state index contributed by atoms with van der Waals surface area (Å²) in [7, 11) is 0.